The molecule has 0 amide bonds. The van der Waals surface area contributed by atoms with Crippen molar-refractivity contribution < 1.29 is 0 Å². The number of unbranched alkanes of at least 4 members (excludes halogenated alkanes) is 1. The largest absolute Gasteiger partial charge is 0.389 e. The molecule has 0 atom stereocenters. The lowest BCUT2D eigenvalue weighted by Gasteiger charge is -2.09. The van der Waals surface area contributed by atoms with E-state index < -0.39 is 0 Å². The number of nitrogens with one attached hydrogen (secondary N) is 1. The van der Waals surface area contributed by atoms with Gasteiger partial charge in [0.1, 0.15) is 4.99 Å². The lowest BCUT2D eigenvalue weighted by molar-refractivity contribution is 0.621. The van der Waals surface area contributed by atoms with Gasteiger partial charge in [-0.05, 0) is 31.0 Å². The number of imidazole rings is 1. The molecule has 0 fully saturated rings. The summed E-state index contributed by atoms with van der Waals surface area (Å²) < 4.78 is 2.08. The van der Waals surface area contributed by atoms with Crippen LogP contribution < -0.4 is 11.1 Å². The smallest absolute Gasteiger partial charge is 0.105 e. The van der Waals surface area contributed by atoms with Gasteiger partial charge in [-0.2, -0.15) is 0 Å². The summed E-state index contributed by atoms with van der Waals surface area (Å²) in [5.74, 6) is 0. The number of hydrogen-bond donors (Lipinski definition) is 2. The molecule has 1 aromatic heterocycles. The minimum absolute atomic E-state index is 0.321. The molecule has 0 saturated heterocycles. The van der Waals surface area contributed by atoms with Gasteiger partial charge in [0, 0.05) is 36.7 Å². The fourth-order valence-electron chi connectivity index (χ4n) is 1.90. The topological polar surface area (TPSA) is 55.9 Å². The standard InChI is InChI=1S/C14H17ClN4S/c15-13-9-11(3-4-12(13)14(16)20)18-5-1-2-7-19-8-6-17-10-19/h3-4,6,8-10,18H,1-2,5,7H2,(H2,16,20). The first-order chi connectivity index (χ1) is 9.66. The maximum absolute atomic E-state index is 6.11. The van der Waals surface area contributed by atoms with Crippen LogP contribution in [0.4, 0.5) is 5.69 Å². The van der Waals surface area contributed by atoms with Gasteiger partial charge in [-0.25, -0.2) is 4.98 Å². The number of benzene rings is 1. The maximum Gasteiger partial charge on any atom is 0.105 e. The van der Waals surface area contributed by atoms with E-state index in [1.54, 1.807) is 6.20 Å². The van der Waals surface area contributed by atoms with Crippen molar-refractivity contribution in [2.24, 2.45) is 5.73 Å². The zero-order chi connectivity index (χ0) is 14.4. The second-order valence-electron chi connectivity index (χ2n) is 4.49. The number of rotatable bonds is 7. The van der Waals surface area contributed by atoms with E-state index in [1.807, 2.05) is 30.7 Å². The number of hydrogen-bond acceptors (Lipinski definition) is 3. The van der Waals surface area contributed by atoms with Crippen LogP contribution in [0.2, 0.25) is 5.02 Å². The van der Waals surface area contributed by atoms with E-state index in [-0.39, 0.29) is 0 Å². The highest BCUT2D eigenvalue weighted by Crippen LogP contribution is 2.20. The third kappa shape index (κ3) is 4.21. The van der Waals surface area contributed by atoms with Crippen molar-refractivity contribution in [2.45, 2.75) is 19.4 Å². The van der Waals surface area contributed by atoms with Crippen molar-refractivity contribution in [3.8, 4) is 0 Å². The monoisotopic (exact) mass is 308 g/mol. The predicted octanol–water partition coefficient (Wildman–Crippen LogP) is 3.06. The molecule has 0 spiro atoms. The molecule has 3 N–H and O–H groups in total. The minimum atomic E-state index is 0.321. The number of thiocarbonyl (C=S) groups is 1. The summed E-state index contributed by atoms with van der Waals surface area (Å²) in [5, 5.41) is 3.92. The Balaban J connectivity index is 1.74. The molecular weight excluding hydrogens is 292 g/mol. The molecule has 0 bridgehead atoms. The van der Waals surface area contributed by atoms with Crippen LogP contribution in [-0.4, -0.2) is 21.1 Å². The number of aryl methyl sites for hydroxylation is 1. The summed E-state index contributed by atoms with van der Waals surface area (Å²) in [6.07, 6.45) is 7.78. The van der Waals surface area contributed by atoms with Crippen LogP contribution in [0.1, 0.15) is 18.4 Å². The Labute approximate surface area is 129 Å². The van der Waals surface area contributed by atoms with E-state index in [9.17, 15) is 0 Å². The Bertz CT molecular complexity index is 569. The van der Waals surface area contributed by atoms with Crippen molar-refractivity contribution in [2.75, 3.05) is 11.9 Å². The van der Waals surface area contributed by atoms with Crippen LogP contribution in [0.15, 0.2) is 36.9 Å². The highest BCUT2D eigenvalue weighted by molar-refractivity contribution is 7.80. The van der Waals surface area contributed by atoms with Crippen LogP contribution in [0.25, 0.3) is 0 Å². The lowest BCUT2D eigenvalue weighted by atomic mass is 10.2. The molecule has 0 aliphatic rings. The SMILES string of the molecule is NC(=S)c1ccc(NCCCCn2ccnc2)cc1Cl. The van der Waals surface area contributed by atoms with E-state index in [0.717, 1.165) is 31.6 Å². The predicted molar refractivity (Wildman–Crippen MR) is 87.3 cm³/mol. The molecule has 2 aromatic rings. The van der Waals surface area contributed by atoms with Crippen molar-refractivity contribution in [1.82, 2.24) is 9.55 Å². The Morgan fingerprint density at radius 2 is 2.25 bits per heavy atom. The van der Waals surface area contributed by atoms with Gasteiger partial charge in [-0.15, -0.1) is 0 Å². The van der Waals surface area contributed by atoms with Crippen molar-refractivity contribution in [3.05, 3.63) is 47.5 Å². The van der Waals surface area contributed by atoms with Gasteiger partial charge >= 0.3 is 0 Å². The second kappa shape index (κ2) is 7.26. The number of halogens is 1. The van der Waals surface area contributed by atoms with Gasteiger partial charge in [0.25, 0.3) is 0 Å². The van der Waals surface area contributed by atoms with Crippen LogP contribution >= 0.6 is 23.8 Å². The average Bonchev–Trinajstić information content (AvgIpc) is 2.91. The quantitative estimate of drug-likeness (QED) is 0.610. The molecule has 2 rings (SSSR count). The van der Waals surface area contributed by atoms with E-state index in [4.69, 9.17) is 29.6 Å². The summed E-state index contributed by atoms with van der Waals surface area (Å²) in [5.41, 5.74) is 7.27. The van der Waals surface area contributed by atoms with Crippen molar-refractivity contribution in [1.29, 1.82) is 0 Å². The van der Waals surface area contributed by atoms with E-state index in [2.05, 4.69) is 14.9 Å². The highest BCUT2D eigenvalue weighted by Gasteiger charge is 2.03. The van der Waals surface area contributed by atoms with Gasteiger partial charge in [0.15, 0.2) is 0 Å². The Morgan fingerprint density at radius 1 is 1.40 bits per heavy atom. The number of aromatic nitrogens is 2. The summed E-state index contributed by atoms with van der Waals surface area (Å²) >= 11 is 11.0. The van der Waals surface area contributed by atoms with Gasteiger partial charge in [-0.3, -0.25) is 0 Å². The van der Waals surface area contributed by atoms with Crippen LogP contribution in [0.3, 0.4) is 0 Å². The molecule has 0 radical (unpaired) electrons. The Morgan fingerprint density at radius 3 is 2.90 bits per heavy atom. The highest BCUT2D eigenvalue weighted by atomic mass is 35.5. The molecule has 6 heteroatoms. The fourth-order valence-corrected chi connectivity index (χ4v) is 2.41. The number of anilines is 1. The summed E-state index contributed by atoms with van der Waals surface area (Å²) in [6.45, 7) is 1.89. The third-order valence-electron chi connectivity index (χ3n) is 2.97. The first-order valence-corrected chi connectivity index (χ1v) is 7.24. The average molecular weight is 309 g/mol. The fraction of sp³-hybridized carbons (Fsp3) is 0.286. The number of nitrogens with zero attached hydrogens (tertiary/aromatic N) is 2. The Hall–Kier alpha value is -1.59. The zero-order valence-corrected chi connectivity index (χ0v) is 12.6. The molecule has 106 valence electrons. The minimum Gasteiger partial charge on any atom is -0.389 e. The Kier molecular flexibility index (Phi) is 5.38. The molecule has 20 heavy (non-hydrogen) atoms. The molecule has 0 saturated carbocycles. The van der Waals surface area contributed by atoms with Gasteiger partial charge in [0.2, 0.25) is 0 Å². The lowest BCUT2D eigenvalue weighted by Crippen LogP contribution is -2.10. The number of nitrogens with two attached hydrogens (primary N) is 1. The van der Waals surface area contributed by atoms with Gasteiger partial charge in [0.05, 0.1) is 11.3 Å². The summed E-state index contributed by atoms with van der Waals surface area (Å²) in [4.78, 5) is 4.33. The molecule has 1 aromatic carbocycles. The van der Waals surface area contributed by atoms with Gasteiger partial charge in [-0.1, -0.05) is 23.8 Å². The van der Waals surface area contributed by atoms with E-state index in [1.165, 1.54) is 0 Å². The molecule has 0 aliphatic heterocycles. The van der Waals surface area contributed by atoms with Crippen LogP contribution in [0.5, 0.6) is 0 Å². The molecule has 0 aliphatic carbocycles. The van der Waals surface area contributed by atoms with Crippen LogP contribution in [-0.2, 0) is 6.54 Å². The van der Waals surface area contributed by atoms with E-state index >= 15 is 0 Å². The first-order valence-electron chi connectivity index (χ1n) is 6.46. The maximum atomic E-state index is 6.11. The zero-order valence-electron chi connectivity index (χ0n) is 11.1. The van der Waals surface area contributed by atoms with Gasteiger partial charge < -0.3 is 15.6 Å². The van der Waals surface area contributed by atoms with Crippen molar-refractivity contribution in [3.63, 3.8) is 0 Å². The van der Waals surface area contributed by atoms with Crippen LogP contribution in [0, 0.1) is 0 Å². The molecular formula is C14H17ClN4S. The van der Waals surface area contributed by atoms with E-state index in [0.29, 0.717) is 15.6 Å². The third-order valence-corrected chi connectivity index (χ3v) is 3.50. The molecule has 0 unspecified atom stereocenters. The normalized spacial score (nSPS) is 10.4. The first kappa shape index (κ1) is 14.8. The van der Waals surface area contributed by atoms with Crippen molar-refractivity contribution >= 4 is 34.5 Å². The second-order valence-corrected chi connectivity index (χ2v) is 5.34. The summed E-state index contributed by atoms with van der Waals surface area (Å²) in [7, 11) is 0. The molecule has 1 heterocycles. The molecule has 4 nitrogen and oxygen atoms in total. The summed E-state index contributed by atoms with van der Waals surface area (Å²) in [6, 6.07) is 5.64.